The fourth-order valence-electron chi connectivity index (χ4n) is 3.25. The van der Waals surface area contributed by atoms with Crippen molar-refractivity contribution < 1.29 is 18.5 Å². The maximum Gasteiger partial charge on any atom is 0.283 e. The van der Waals surface area contributed by atoms with Gasteiger partial charge in [0.25, 0.3) is 11.6 Å². The molecule has 0 aliphatic carbocycles. The molecule has 1 heterocycles. The highest BCUT2D eigenvalue weighted by Gasteiger charge is 2.30. The third kappa shape index (κ3) is 4.23. The molecule has 0 aromatic heterocycles. The van der Waals surface area contributed by atoms with E-state index < -0.39 is 34.2 Å². The second-order valence-corrected chi connectivity index (χ2v) is 6.71. The van der Waals surface area contributed by atoms with Gasteiger partial charge in [-0.05, 0) is 42.8 Å². The second-order valence-electron chi connectivity index (χ2n) is 6.27. The van der Waals surface area contributed by atoms with Crippen LogP contribution >= 0.6 is 11.6 Å². The van der Waals surface area contributed by atoms with E-state index in [2.05, 4.69) is 10.6 Å². The van der Waals surface area contributed by atoms with Gasteiger partial charge in [0.05, 0.1) is 4.92 Å². The Morgan fingerprint density at radius 1 is 1.22 bits per heavy atom. The van der Waals surface area contributed by atoms with Crippen LogP contribution in [0.4, 0.5) is 14.5 Å². The lowest BCUT2D eigenvalue weighted by molar-refractivity contribution is -0.385. The molecule has 0 saturated carbocycles. The summed E-state index contributed by atoms with van der Waals surface area (Å²) in [4.78, 5) is 23.2. The number of nitro groups is 1. The van der Waals surface area contributed by atoms with Crippen LogP contribution in [0.15, 0.2) is 36.4 Å². The molecule has 9 heteroatoms. The van der Waals surface area contributed by atoms with Crippen LogP contribution in [-0.4, -0.2) is 30.0 Å². The maximum absolute atomic E-state index is 13.6. The summed E-state index contributed by atoms with van der Waals surface area (Å²) in [6.45, 7) is 1.05. The Bertz CT molecular complexity index is 894. The monoisotopic (exact) mass is 395 g/mol. The van der Waals surface area contributed by atoms with Gasteiger partial charge in [0.1, 0.15) is 5.56 Å². The number of rotatable bonds is 4. The van der Waals surface area contributed by atoms with Crippen molar-refractivity contribution in [2.75, 3.05) is 13.1 Å². The van der Waals surface area contributed by atoms with Gasteiger partial charge in [-0.3, -0.25) is 14.9 Å². The normalized spacial score (nSPS) is 19.5. The zero-order valence-electron chi connectivity index (χ0n) is 14.0. The van der Waals surface area contributed by atoms with Crippen molar-refractivity contribution in [2.24, 2.45) is 0 Å². The fraction of sp³-hybridized carbons (Fsp3) is 0.278. The largest absolute Gasteiger partial charge is 0.347 e. The maximum atomic E-state index is 13.6. The molecule has 1 aliphatic rings. The van der Waals surface area contributed by atoms with Crippen molar-refractivity contribution in [3.63, 3.8) is 0 Å². The summed E-state index contributed by atoms with van der Waals surface area (Å²) in [6, 6.07) is 7.02. The van der Waals surface area contributed by atoms with Crippen LogP contribution in [0.1, 0.15) is 28.3 Å². The van der Waals surface area contributed by atoms with Crippen LogP contribution in [0.2, 0.25) is 5.02 Å². The number of amides is 1. The van der Waals surface area contributed by atoms with Gasteiger partial charge < -0.3 is 10.6 Å². The molecule has 1 saturated heterocycles. The first-order valence-corrected chi connectivity index (χ1v) is 8.65. The first kappa shape index (κ1) is 19.2. The third-order valence-corrected chi connectivity index (χ3v) is 4.81. The SMILES string of the molecule is O=C(NC1CNCCC1c1ccc(F)c(F)c1)c1ccc(Cl)cc1[N+](=O)[O-]. The van der Waals surface area contributed by atoms with E-state index in [1.165, 1.54) is 18.2 Å². The van der Waals surface area contributed by atoms with Crippen LogP contribution in [0, 0.1) is 21.7 Å². The number of benzene rings is 2. The van der Waals surface area contributed by atoms with Gasteiger partial charge in [-0.2, -0.15) is 0 Å². The number of hydrogen-bond acceptors (Lipinski definition) is 4. The van der Waals surface area contributed by atoms with Crippen molar-refractivity contribution in [2.45, 2.75) is 18.4 Å². The molecule has 3 rings (SSSR count). The minimum atomic E-state index is -0.954. The summed E-state index contributed by atoms with van der Waals surface area (Å²) >= 11 is 5.78. The van der Waals surface area contributed by atoms with Gasteiger partial charge in [0.2, 0.25) is 0 Å². The van der Waals surface area contributed by atoms with E-state index >= 15 is 0 Å². The van der Waals surface area contributed by atoms with Gasteiger partial charge in [-0.1, -0.05) is 17.7 Å². The van der Waals surface area contributed by atoms with E-state index in [9.17, 15) is 23.7 Å². The molecule has 0 radical (unpaired) electrons. The number of piperidine rings is 1. The van der Waals surface area contributed by atoms with Crippen molar-refractivity contribution >= 4 is 23.2 Å². The Morgan fingerprint density at radius 2 is 2.00 bits per heavy atom. The molecule has 27 heavy (non-hydrogen) atoms. The Balaban J connectivity index is 1.85. The van der Waals surface area contributed by atoms with E-state index in [1.54, 1.807) is 0 Å². The minimum Gasteiger partial charge on any atom is -0.347 e. The second kappa shape index (κ2) is 7.98. The molecule has 1 amide bonds. The minimum absolute atomic E-state index is 0.112. The van der Waals surface area contributed by atoms with Gasteiger partial charge >= 0.3 is 0 Å². The van der Waals surface area contributed by atoms with Crippen molar-refractivity contribution in [3.05, 3.63) is 74.3 Å². The topological polar surface area (TPSA) is 84.3 Å². The highest BCUT2D eigenvalue weighted by Crippen LogP contribution is 2.28. The fourth-order valence-corrected chi connectivity index (χ4v) is 3.41. The molecular formula is C18H16ClF2N3O3. The number of halogens is 3. The quantitative estimate of drug-likeness (QED) is 0.614. The van der Waals surface area contributed by atoms with Crippen molar-refractivity contribution in [1.29, 1.82) is 0 Å². The summed E-state index contributed by atoms with van der Waals surface area (Å²) in [5.74, 6) is -2.77. The highest BCUT2D eigenvalue weighted by molar-refractivity contribution is 6.31. The Morgan fingerprint density at radius 3 is 2.70 bits per heavy atom. The number of nitro benzene ring substituents is 1. The molecule has 1 aliphatic heterocycles. The van der Waals surface area contributed by atoms with Crippen LogP contribution < -0.4 is 10.6 Å². The number of carbonyl (C=O) groups is 1. The zero-order chi connectivity index (χ0) is 19.6. The molecule has 0 bridgehead atoms. The summed E-state index contributed by atoms with van der Waals surface area (Å²) in [7, 11) is 0. The molecular weight excluding hydrogens is 380 g/mol. The molecule has 2 N–H and O–H groups in total. The van der Waals surface area contributed by atoms with E-state index in [4.69, 9.17) is 11.6 Å². The average molecular weight is 396 g/mol. The van der Waals surface area contributed by atoms with Crippen LogP contribution in [0.5, 0.6) is 0 Å². The number of nitrogens with zero attached hydrogens (tertiary/aromatic N) is 1. The Kier molecular flexibility index (Phi) is 5.67. The molecule has 0 spiro atoms. The number of carbonyl (C=O) groups excluding carboxylic acids is 1. The molecule has 142 valence electrons. The molecule has 2 unspecified atom stereocenters. The Hall–Kier alpha value is -2.58. The summed E-state index contributed by atoms with van der Waals surface area (Å²) in [6.07, 6.45) is 0.596. The first-order chi connectivity index (χ1) is 12.9. The zero-order valence-corrected chi connectivity index (χ0v) is 14.8. The van der Waals surface area contributed by atoms with E-state index in [1.807, 2.05) is 0 Å². The molecule has 2 aromatic carbocycles. The average Bonchev–Trinajstić information content (AvgIpc) is 2.64. The first-order valence-electron chi connectivity index (χ1n) is 8.27. The number of hydrogen-bond donors (Lipinski definition) is 2. The summed E-state index contributed by atoms with van der Waals surface area (Å²) < 4.78 is 26.8. The van der Waals surface area contributed by atoms with Crippen LogP contribution in [0.3, 0.4) is 0 Å². The van der Waals surface area contributed by atoms with Gasteiger partial charge in [-0.15, -0.1) is 0 Å². The van der Waals surface area contributed by atoms with Crippen molar-refractivity contribution in [1.82, 2.24) is 10.6 Å². The summed E-state index contributed by atoms with van der Waals surface area (Å²) in [5.41, 5.74) is 0.0541. The highest BCUT2D eigenvalue weighted by atomic mass is 35.5. The smallest absolute Gasteiger partial charge is 0.283 e. The van der Waals surface area contributed by atoms with Crippen LogP contribution in [0.25, 0.3) is 0 Å². The molecule has 2 atom stereocenters. The molecule has 1 fully saturated rings. The third-order valence-electron chi connectivity index (χ3n) is 4.57. The Labute approximate surface area is 158 Å². The van der Waals surface area contributed by atoms with Gasteiger partial charge in [0.15, 0.2) is 11.6 Å². The standard InChI is InChI=1S/C18H16ClF2N3O3/c19-11-2-3-13(17(8-11)24(26)27)18(25)23-16-9-22-6-5-12(16)10-1-4-14(20)15(21)7-10/h1-4,7-8,12,16,22H,5-6,9H2,(H,23,25). The predicted molar refractivity (Wildman–Crippen MR) is 95.9 cm³/mol. The molecule has 6 nitrogen and oxygen atoms in total. The predicted octanol–water partition coefficient (Wildman–Crippen LogP) is 3.40. The van der Waals surface area contributed by atoms with E-state index in [0.29, 0.717) is 25.1 Å². The van der Waals surface area contributed by atoms with Gasteiger partial charge in [0, 0.05) is 29.6 Å². The number of nitrogens with one attached hydrogen (secondary N) is 2. The lowest BCUT2D eigenvalue weighted by Crippen LogP contribution is -2.50. The van der Waals surface area contributed by atoms with Gasteiger partial charge in [-0.25, -0.2) is 8.78 Å². The van der Waals surface area contributed by atoms with E-state index in [0.717, 1.165) is 18.2 Å². The lowest BCUT2D eigenvalue weighted by atomic mass is 9.85. The van der Waals surface area contributed by atoms with Crippen LogP contribution in [-0.2, 0) is 0 Å². The summed E-state index contributed by atoms with van der Waals surface area (Å²) in [5, 5.41) is 17.2. The molecule has 2 aromatic rings. The van der Waals surface area contributed by atoms with Crippen molar-refractivity contribution in [3.8, 4) is 0 Å². The lowest BCUT2D eigenvalue weighted by Gasteiger charge is -2.33. The van der Waals surface area contributed by atoms with E-state index in [-0.39, 0.29) is 16.5 Å².